The van der Waals surface area contributed by atoms with Crippen molar-refractivity contribution in [2.45, 2.75) is 30.6 Å². The minimum absolute atomic E-state index is 0.184. The summed E-state index contributed by atoms with van der Waals surface area (Å²) < 4.78 is 28.7. The molecule has 0 saturated carbocycles. The molecule has 0 amide bonds. The van der Waals surface area contributed by atoms with Crippen molar-refractivity contribution in [3.63, 3.8) is 0 Å². The van der Waals surface area contributed by atoms with Gasteiger partial charge in [0.1, 0.15) is 4.21 Å². The molecule has 0 aliphatic carbocycles. The fourth-order valence-corrected chi connectivity index (χ4v) is 3.73. The molecule has 0 aromatic carbocycles. The van der Waals surface area contributed by atoms with Gasteiger partial charge in [-0.05, 0) is 30.9 Å². The zero-order valence-corrected chi connectivity index (χ0v) is 12.3. The topological polar surface area (TPSA) is 90.0 Å². The summed E-state index contributed by atoms with van der Waals surface area (Å²) >= 11 is 1.16. The van der Waals surface area contributed by atoms with Crippen LogP contribution in [0.25, 0.3) is 0 Å². The predicted octanol–water partition coefficient (Wildman–Crippen LogP) is 1.78. The zero-order valence-electron chi connectivity index (χ0n) is 10.7. The summed E-state index contributed by atoms with van der Waals surface area (Å²) in [7, 11) is -3.56. The SMILES string of the molecule is CC(C)n1cc(NS(=O)(=O)c2cc(CN)cs2)cn1. The van der Waals surface area contributed by atoms with E-state index in [4.69, 9.17) is 5.73 Å². The van der Waals surface area contributed by atoms with E-state index < -0.39 is 10.0 Å². The van der Waals surface area contributed by atoms with Gasteiger partial charge in [-0.3, -0.25) is 9.40 Å². The van der Waals surface area contributed by atoms with Crippen molar-refractivity contribution in [1.82, 2.24) is 9.78 Å². The number of nitrogens with zero attached hydrogens (tertiary/aromatic N) is 2. The highest BCUT2D eigenvalue weighted by Crippen LogP contribution is 2.23. The zero-order chi connectivity index (χ0) is 14.0. The van der Waals surface area contributed by atoms with Crippen molar-refractivity contribution in [1.29, 1.82) is 0 Å². The molecule has 2 aromatic heterocycles. The minimum atomic E-state index is -3.56. The third kappa shape index (κ3) is 3.14. The van der Waals surface area contributed by atoms with Crippen LogP contribution in [0.1, 0.15) is 25.5 Å². The molecule has 8 heteroatoms. The summed E-state index contributed by atoms with van der Waals surface area (Å²) in [6.07, 6.45) is 3.16. The van der Waals surface area contributed by atoms with E-state index in [-0.39, 0.29) is 10.3 Å². The monoisotopic (exact) mass is 300 g/mol. The van der Waals surface area contributed by atoms with Gasteiger partial charge in [-0.2, -0.15) is 5.10 Å². The molecule has 2 rings (SSSR count). The lowest BCUT2D eigenvalue weighted by atomic mass is 10.4. The Bertz CT molecular complexity index is 658. The average molecular weight is 300 g/mol. The van der Waals surface area contributed by atoms with Crippen molar-refractivity contribution in [2.75, 3.05) is 4.72 Å². The molecule has 104 valence electrons. The van der Waals surface area contributed by atoms with Gasteiger partial charge in [0.25, 0.3) is 10.0 Å². The van der Waals surface area contributed by atoms with Gasteiger partial charge >= 0.3 is 0 Å². The summed E-state index contributed by atoms with van der Waals surface area (Å²) in [6.45, 7) is 4.27. The maximum Gasteiger partial charge on any atom is 0.271 e. The van der Waals surface area contributed by atoms with Crippen LogP contribution >= 0.6 is 11.3 Å². The van der Waals surface area contributed by atoms with E-state index in [0.29, 0.717) is 12.2 Å². The number of rotatable bonds is 5. The normalized spacial score (nSPS) is 12.0. The molecule has 0 bridgehead atoms. The number of nitrogens with one attached hydrogen (secondary N) is 1. The van der Waals surface area contributed by atoms with E-state index in [1.807, 2.05) is 13.8 Å². The fraction of sp³-hybridized carbons (Fsp3) is 0.364. The molecule has 0 fully saturated rings. The van der Waals surface area contributed by atoms with Gasteiger partial charge in [-0.15, -0.1) is 11.3 Å². The molecule has 0 aliphatic rings. The molecule has 2 heterocycles. The van der Waals surface area contributed by atoms with E-state index in [9.17, 15) is 8.42 Å². The fourth-order valence-electron chi connectivity index (χ4n) is 1.48. The lowest BCUT2D eigenvalue weighted by Gasteiger charge is -2.04. The number of hydrogen-bond donors (Lipinski definition) is 2. The summed E-state index contributed by atoms with van der Waals surface area (Å²) in [5, 5.41) is 5.83. The van der Waals surface area contributed by atoms with Crippen molar-refractivity contribution in [3.8, 4) is 0 Å². The van der Waals surface area contributed by atoms with Crippen LogP contribution < -0.4 is 10.5 Å². The molecule has 0 saturated heterocycles. The van der Waals surface area contributed by atoms with E-state index in [2.05, 4.69) is 9.82 Å². The standard InChI is InChI=1S/C11H16N4O2S2/c1-8(2)15-6-10(5-13-15)14-19(16,17)11-3-9(4-12)7-18-11/h3,5-8,14H,4,12H2,1-2H3. The molecule has 19 heavy (non-hydrogen) atoms. The van der Waals surface area contributed by atoms with Gasteiger partial charge in [0.2, 0.25) is 0 Å². The lowest BCUT2D eigenvalue weighted by Crippen LogP contribution is -2.11. The second kappa shape index (κ2) is 5.32. The molecule has 0 unspecified atom stereocenters. The first-order valence-corrected chi connectivity index (χ1v) is 8.13. The Kier molecular flexibility index (Phi) is 3.93. The molecular formula is C11H16N4O2S2. The molecule has 0 aliphatic heterocycles. The van der Waals surface area contributed by atoms with E-state index in [0.717, 1.165) is 16.9 Å². The van der Waals surface area contributed by atoms with Crippen LogP contribution in [0.2, 0.25) is 0 Å². The van der Waals surface area contributed by atoms with Crippen molar-refractivity contribution >= 4 is 27.0 Å². The highest BCUT2D eigenvalue weighted by molar-refractivity contribution is 7.94. The molecule has 0 atom stereocenters. The van der Waals surface area contributed by atoms with E-state index >= 15 is 0 Å². The van der Waals surface area contributed by atoms with Crippen LogP contribution in [-0.4, -0.2) is 18.2 Å². The molecular weight excluding hydrogens is 284 g/mol. The highest BCUT2D eigenvalue weighted by Gasteiger charge is 2.17. The van der Waals surface area contributed by atoms with E-state index in [1.54, 1.807) is 22.3 Å². The summed E-state index contributed by atoms with van der Waals surface area (Å²) in [6, 6.07) is 1.77. The van der Waals surface area contributed by atoms with Gasteiger partial charge in [-0.25, -0.2) is 8.42 Å². The molecule has 3 N–H and O–H groups in total. The lowest BCUT2D eigenvalue weighted by molar-refractivity contribution is 0.532. The van der Waals surface area contributed by atoms with Crippen LogP contribution in [0.5, 0.6) is 0 Å². The van der Waals surface area contributed by atoms with Gasteiger partial charge < -0.3 is 5.73 Å². The van der Waals surface area contributed by atoms with Crippen molar-refractivity contribution in [2.24, 2.45) is 5.73 Å². The Hall–Kier alpha value is -1.38. The van der Waals surface area contributed by atoms with Gasteiger partial charge in [0.05, 0.1) is 11.9 Å². The summed E-state index contributed by atoms with van der Waals surface area (Å²) in [5.41, 5.74) is 6.74. The Morgan fingerprint density at radius 2 is 2.26 bits per heavy atom. The molecule has 6 nitrogen and oxygen atoms in total. The van der Waals surface area contributed by atoms with Gasteiger partial charge in [-0.1, -0.05) is 0 Å². The van der Waals surface area contributed by atoms with E-state index in [1.165, 1.54) is 6.20 Å². The first kappa shape index (κ1) is 14.0. The van der Waals surface area contributed by atoms with Crippen molar-refractivity contribution in [3.05, 3.63) is 29.4 Å². The quantitative estimate of drug-likeness (QED) is 0.880. The third-order valence-electron chi connectivity index (χ3n) is 2.51. The largest absolute Gasteiger partial charge is 0.326 e. The van der Waals surface area contributed by atoms with Crippen LogP contribution in [0, 0.1) is 0 Å². The third-order valence-corrected chi connectivity index (χ3v) is 5.38. The average Bonchev–Trinajstić information content (AvgIpc) is 2.96. The number of hydrogen-bond acceptors (Lipinski definition) is 5. The van der Waals surface area contributed by atoms with Crippen molar-refractivity contribution < 1.29 is 8.42 Å². The second-order valence-corrected chi connectivity index (χ2v) is 7.21. The first-order valence-electron chi connectivity index (χ1n) is 5.77. The number of nitrogens with two attached hydrogens (primary N) is 1. The summed E-state index contributed by atoms with van der Waals surface area (Å²) in [4.78, 5) is 0. The Morgan fingerprint density at radius 3 is 2.79 bits per heavy atom. The Balaban J connectivity index is 2.20. The predicted molar refractivity (Wildman–Crippen MR) is 75.6 cm³/mol. The summed E-state index contributed by atoms with van der Waals surface area (Å²) in [5.74, 6) is 0. The highest BCUT2D eigenvalue weighted by atomic mass is 32.2. The van der Waals surface area contributed by atoms with Crippen LogP contribution in [0.4, 0.5) is 5.69 Å². The Morgan fingerprint density at radius 1 is 1.53 bits per heavy atom. The number of thiophene rings is 1. The van der Waals surface area contributed by atoms with Crippen LogP contribution in [0.3, 0.4) is 0 Å². The Labute approximate surface area is 116 Å². The first-order chi connectivity index (χ1) is 8.92. The number of anilines is 1. The maximum absolute atomic E-state index is 12.1. The molecule has 0 spiro atoms. The maximum atomic E-state index is 12.1. The smallest absolute Gasteiger partial charge is 0.271 e. The van der Waals surface area contributed by atoms with Crippen LogP contribution in [0.15, 0.2) is 28.0 Å². The van der Waals surface area contributed by atoms with Gasteiger partial charge in [0.15, 0.2) is 0 Å². The second-order valence-electron chi connectivity index (χ2n) is 4.39. The molecule has 0 radical (unpaired) electrons. The number of sulfonamides is 1. The molecule has 2 aromatic rings. The minimum Gasteiger partial charge on any atom is -0.326 e. The van der Waals surface area contributed by atoms with Crippen LogP contribution in [-0.2, 0) is 16.6 Å². The van der Waals surface area contributed by atoms with Gasteiger partial charge in [0, 0.05) is 18.8 Å². The number of aromatic nitrogens is 2.